The van der Waals surface area contributed by atoms with Gasteiger partial charge in [0.05, 0.1) is 5.56 Å². The SMILES string of the molecule is CC(OC(=O)c1ccc(F)cc1Br)C(=O)N(C)Cc1ccccc1. The van der Waals surface area contributed by atoms with Gasteiger partial charge in [-0.2, -0.15) is 0 Å². The summed E-state index contributed by atoms with van der Waals surface area (Å²) in [6, 6.07) is 13.2. The number of nitrogens with zero attached hydrogens (tertiary/aromatic N) is 1. The molecule has 126 valence electrons. The minimum absolute atomic E-state index is 0.168. The molecule has 4 nitrogen and oxygen atoms in total. The Balaban J connectivity index is 1.99. The molecule has 1 atom stereocenters. The largest absolute Gasteiger partial charge is 0.449 e. The minimum atomic E-state index is -0.942. The van der Waals surface area contributed by atoms with Crippen LogP contribution in [0.1, 0.15) is 22.8 Å². The Morgan fingerprint density at radius 3 is 2.50 bits per heavy atom. The molecule has 1 amide bonds. The van der Waals surface area contributed by atoms with Gasteiger partial charge in [-0.15, -0.1) is 0 Å². The maximum absolute atomic E-state index is 13.1. The van der Waals surface area contributed by atoms with Gasteiger partial charge in [0.15, 0.2) is 6.10 Å². The average Bonchev–Trinajstić information content (AvgIpc) is 2.54. The van der Waals surface area contributed by atoms with Gasteiger partial charge in [0.2, 0.25) is 0 Å². The summed E-state index contributed by atoms with van der Waals surface area (Å²) in [5.41, 5.74) is 1.15. The zero-order chi connectivity index (χ0) is 17.7. The van der Waals surface area contributed by atoms with Crippen LogP contribution in [0.25, 0.3) is 0 Å². The highest BCUT2D eigenvalue weighted by Crippen LogP contribution is 2.19. The highest BCUT2D eigenvalue weighted by molar-refractivity contribution is 9.10. The number of carbonyl (C=O) groups is 2. The summed E-state index contributed by atoms with van der Waals surface area (Å²) in [6.07, 6.45) is -0.942. The van der Waals surface area contributed by atoms with Crippen molar-refractivity contribution in [2.45, 2.75) is 19.6 Å². The summed E-state index contributed by atoms with van der Waals surface area (Å²) in [5.74, 6) is -1.47. The second-order valence-electron chi connectivity index (χ2n) is 5.35. The van der Waals surface area contributed by atoms with Crippen LogP contribution in [-0.2, 0) is 16.1 Å². The van der Waals surface area contributed by atoms with E-state index in [0.717, 1.165) is 11.6 Å². The molecule has 0 spiro atoms. The van der Waals surface area contributed by atoms with Gasteiger partial charge in [0.1, 0.15) is 5.82 Å². The molecule has 0 radical (unpaired) electrons. The van der Waals surface area contributed by atoms with Gasteiger partial charge in [0.25, 0.3) is 5.91 Å². The first kappa shape index (κ1) is 18.1. The van der Waals surface area contributed by atoms with Crippen LogP contribution in [0.2, 0.25) is 0 Å². The third kappa shape index (κ3) is 4.64. The maximum Gasteiger partial charge on any atom is 0.340 e. The van der Waals surface area contributed by atoms with Crippen molar-refractivity contribution in [2.75, 3.05) is 7.05 Å². The van der Waals surface area contributed by atoms with Crippen molar-refractivity contribution >= 4 is 27.8 Å². The summed E-state index contributed by atoms with van der Waals surface area (Å²) in [6.45, 7) is 1.93. The van der Waals surface area contributed by atoms with Crippen molar-refractivity contribution in [2.24, 2.45) is 0 Å². The predicted molar refractivity (Wildman–Crippen MR) is 91.9 cm³/mol. The Morgan fingerprint density at radius 2 is 1.88 bits per heavy atom. The Kier molecular flexibility index (Phi) is 6.09. The van der Waals surface area contributed by atoms with E-state index in [4.69, 9.17) is 4.74 Å². The maximum atomic E-state index is 13.1. The van der Waals surface area contributed by atoms with E-state index in [1.165, 1.54) is 24.0 Å². The zero-order valence-corrected chi connectivity index (χ0v) is 14.9. The van der Waals surface area contributed by atoms with Crippen LogP contribution in [0.4, 0.5) is 4.39 Å². The predicted octanol–water partition coefficient (Wildman–Crippen LogP) is 3.79. The fraction of sp³-hybridized carbons (Fsp3) is 0.222. The minimum Gasteiger partial charge on any atom is -0.449 e. The molecule has 0 saturated heterocycles. The monoisotopic (exact) mass is 393 g/mol. The molecule has 6 heteroatoms. The molecule has 0 aliphatic heterocycles. The first-order chi connectivity index (χ1) is 11.4. The van der Waals surface area contributed by atoms with E-state index in [9.17, 15) is 14.0 Å². The second kappa shape index (κ2) is 8.06. The standard InChI is InChI=1S/C18H17BrFNO3/c1-12(17(22)21(2)11-13-6-4-3-5-7-13)24-18(23)15-9-8-14(20)10-16(15)19/h3-10,12H,11H2,1-2H3. The summed E-state index contributed by atoms with van der Waals surface area (Å²) < 4.78 is 18.5. The van der Waals surface area contributed by atoms with Crippen LogP contribution >= 0.6 is 15.9 Å². The van der Waals surface area contributed by atoms with Crippen molar-refractivity contribution < 1.29 is 18.7 Å². The van der Waals surface area contributed by atoms with E-state index in [1.807, 2.05) is 30.3 Å². The van der Waals surface area contributed by atoms with Crippen molar-refractivity contribution in [3.05, 3.63) is 69.9 Å². The molecule has 0 bridgehead atoms. The van der Waals surface area contributed by atoms with E-state index < -0.39 is 17.9 Å². The molecule has 1 unspecified atom stereocenters. The van der Waals surface area contributed by atoms with Crippen LogP contribution in [0, 0.1) is 5.82 Å². The van der Waals surface area contributed by atoms with Gasteiger partial charge in [0, 0.05) is 18.1 Å². The molecule has 2 rings (SSSR count). The number of carbonyl (C=O) groups excluding carboxylic acids is 2. The molecular weight excluding hydrogens is 377 g/mol. The Labute approximate surface area is 148 Å². The highest BCUT2D eigenvalue weighted by Gasteiger charge is 2.23. The number of halogens is 2. The zero-order valence-electron chi connectivity index (χ0n) is 13.3. The molecule has 0 aliphatic rings. The number of likely N-dealkylation sites (N-methyl/N-ethyl adjacent to an activating group) is 1. The van der Waals surface area contributed by atoms with E-state index in [-0.39, 0.29) is 15.9 Å². The molecule has 0 N–H and O–H groups in total. The van der Waals surface area contributed by atoms with Crippen molar-refractivity contribution in [3.8, 4) is 0 Å². The third-order valence-corrected chi connectivity index (χ3v) is 4.08. The van der Waals surface area contributed by atoms with Crippen LogP contribution in [0.15, 0.2) is 53.0 Å². The van der Waals surface area contributed by atoms with E-state index >= 15 is 0 Å². The quantitative estimate of drug-likeness (QED) is 0.725. The number of amides is 1. The summed E-state index contributed by atoms with van der Waals surface area (Å²) in [7, 11) is 1.65. The van der Waals surface area contributed by atoms with Crippen LogP contribution in [0.5, 0.6) is 0 Å². The molecule has 0 heterocycles. The number of esters is 1. The number of benzene rings is 2. The van der Waals surface area contributed by atoms with Gasteiger partial charge < -0.3 is 9.64 Å². The van der Waals surface area contributed by atoms with Gasteiger partial charge in [-0.3, -0.25) is 4.79 Å². The lowest BCUT2D eigenvalue weighted by atomic mass is 10.2. The molecule has 0 fully saturated rings. The van der Waals surface area contributed by atoms with Gasteiger partial charge in [-0.1, -0.05) is 30.3 Å². The molecular formula is C18H17BrFNO3. The van der Waals surface area contributed by atoms with Crippen LogP contribution in [0.3, 0.4) is 0 Å². The molecule has 2 aromatic carbocycles. The molecule has 24 heavy (non-hydrogen) atoms. The van der Waals surface area contributed by atoms with Crippen LogP contribution in [-0.4, -0.2) is 29.9 Å². The second-order valence-corrected chi connectivity index (χ2v) is 6.21. The first-order valence-electron chi connectivity index (χ1n) is 7.33. The fourth-order valence-electron chi connectivity index (χ4n) is 2.18. The first-order valence-corrected chi connectivity index (χ1v) is 8.12. The molecule has 0 saturated carbocycles. The lowest BCUT2D eigenvalue weighted by Crippen LogP contribution is -2.37. The van der Waals surface area contributed by atoms with Crippen molar-refractivity contribution in [3.63, 3.8) is 0 Å². The number of rotatable bonds is 5. The van der Waals surface area contributed by atoms with Crippen LogP contribution < -0.4 is 0 Å². The van der Waals surface area contributed by atoms with Crippen molar-refractivity contribution in [1.29, 1.82) is 0 Å². The fourth-order valence-corrected chi connectivity index (χ4v) is 2.69. The smallest absolute Gasteiger partial charge is 0.340 e. The summed E-state index contributed by atoms with van der Waals surface area (Å²) in [4.78, 5) is 26.0. The Bertz CT molecular complexity index is 736. The van der Waals surface area contributed by atoms with Crippen molar-refractivity contribution in [1.82, 2.24) is 4.90 Å². The number of hydrogen-bond acceptors (Lipinski definition) is 3. The van der Waals surface area contributed by atoms with Gasteiger partial charge in [-0.05, 0) is 46.6 Å². The third-order valence-electron chi connectivity index (χ3n) is 3.42. The normalized spacial score (nSPS) is 11.7. The topological polar surface area (TPSA) is 46.6 Å². The van der Waals surface area contributed by atoms with Gasteiger partial charge in [-0.25, -0.2) is 9.18 Å². The van der Waals surface area contributed by atoms with E-state index in [0.29, 0.717) is 6.54 Å². The molecule has 2 aromatic rings. The Morgan fingerprint density at radius 1 is 1.21 bits per heavy atom. The molecule has 0 aromatic heterocycles. The average molecular weight is 394 g/mol. The lowest BCUT2D eigenvalue weighted by Gasteiger charge is -2.21. The molecule has 0 aliphatic carbocycles. The van der Waals surface area contributed by atoms with E-state index in [1.54, 1.807) is 7.05 Å². The number of hydrogen-bond donors (Lipinski definition) is 0. The van der Waals surface area contributed by atoms with E-state index in [2.05, 4.69) is 15.9 Å². The Hall–Kier alpha value is -2.21. The lowest BCUT2D eigenvalue weighted by molar-refractivity contribution is -0.139. The summed E-state index contributed by atoms with van der Waals surface area (Å²) >= 11 is 3.11. The highest BCUT2D eigenvalue weighted by atomic mass is 79.9. The summed E-state index contributed by atoms with van der Waals surface area (Å²) in [5, 5.41) is 0. The number of ether oxygens (including phenoxy) is 1. The van der Waals surface area contributed by atoms with Gasteiger partial charge >= 0.3 is 5.97 Å².